The molecule has 1 aliphatic heterocycles. The summed E-state index contributed by atoms with van der Waals surface area (Å²) in [5.74, 6) is 1.12. The summed E-state index contributed by atoms with van der Waals surface area (Å²) in [7, 11) is 0. The van der Waals surface area contributed by atoms with Crippen LogP contribution in [0.1, 0.15) is 6.92 Å². The van der Waals surface area contributed by atoms with E-state index in [0.717, 1.165) is 25.6 Å². The zero-order chi connectivity index (χ0) is 6.53. The second-order valence-electron chi connectivity index (χ2n) is 1.83. The third-order valence-corrected chi connectivity index (χ3v) is 2.20. The fraction of sp³-hybridized carbons (Fsp3) is 1.00. The maximum Gasteiger partial charge on any atom is 0.126 e. The van der Waals surface area contributed by atoms with Gasteiger partial charge in [-0.05, 0) is 6.92 Å². The predicted molar refractivity (Wildman–Crippen MR) is 38.7 cm³/mol. The van der Waals surface area contributed by atoms with Crippen LogP contribution in [0.2, 0.25) is 0 Å². The molecule has 1 fully saturated rings. The zero-order valence-corrected chi connectivity index (χ0v) is 6.45. The van der Waals surface area contributed by atoms with Gasteiger partial charge in [-0.2, -0.15) is 0 Å². The van der Waals surface area contributed by atoms with Gasteiger partial charge in [0, 0.05) is 12.4 Å². The van der Waals surface area contributed by atoms with E-state index in [-0.39, 0.29) is 0 Å². The van der Waals surface area contributed by atoms with E-state index < -0.39 is 0 Å². The van der Waals surface area contributed by atoms with Crippen LogP contribution in [-0.2, 0) is 9.47 Å². The van der Waals surface area contributed by atoms with E-state index in [1.54, 1.807) is 0 Å². The van der Waals surface area contributed by atoms with E-state index in [1.807, 2.05) is 18.7 Å². The molecule has 0 spiro atoms. The summed E-state index contributed by atoms with van der Waals surface area (Å²) in [6.45, 7) is 4.43. The average molecular weight is 148 g/mol. The van der Waals surface area contributed by atoms with Gasteiger partial charge in [-0.3, -0.25) is 0 Å². The summed E-state index contributed by atoms with van der Waals surface area (Å²) < 4.78 is 10.5. The zero-order valence-electron chi connectivity index (χ0n) is 5.63. The lowest BCUT2D eigenvalue weighted by atomic mass is 10.7. The minimum absolute atomic E-state index is 0.310. The highest BCUT2D eigenvalue weighted by Gasteiger charge is 2.14. The molecule has 1 rings (SSSR count). The van der Waals surface area contributed by atoms with Gasteiger partial charge < -0.3 is 9.47 Å². The Kier molecular flexibility index (Phi) is 3.40. The van der Waals surface area contributed by atoms with Crippen molar-refractivity contribution < 1.29 is 9.47 Å². The molecule has 2 nitrogen and oxygen atoms in total. The smallest absolute Gasteiger partial charge is 0.126 e. The Morgan fingerprint density at radius 2 is 2.67 bits per heavy atom. The molecular weight excluding hydrogens is 136 g/mol. The monoisotopic (exact) mass is 148 g/mol. The third-order valence-electron chi connectivity index (χ3n) is 1.15. The quantitative estimate of drug-likeness (QED) is 0.597. The summed E-state index contributed by atoms with van der Waals surface area (Å²) in [5.41, 5.74) is 0.310. The molecule has 0 saturated carbocycles. The normalized spacial score (nSPS) is 27.0. The van der Waals surface area contributed by atoms with Crippen LogP contribution in [0.15, 0.2) is 0 Å². The number of rotatable bonds is 3. The molecule has 1 saturated heterocycles. The highest BCUT2D eigenvalue weighted by molar-refractivity contribution is 8.00. The summed E-state index contributed by atoms with van der Waals surface area (Å²) >= 11 is 1.84. The van der Waals surface area contributed by atoms with Crippen molar-refractivity contribution in [1.29, 1.82) is 0 Å². The molecule has 0 aromatic rings. The van der Waals surface area contributed by atoms with E-state index in [1.165, 1.54) is 0 Å². The first-order valence-corrected chi connectivity index (χ1v) is 4.29. The van der Waals surface area contributed by atoms with Crippen molar-refractivity contribution in [3.8, 4) is 0 Å². The van der Waals surface area contributed by atoms with Gasteiger partial charge in [0.05, 0.1) is 13.2 Å². The van der Waals surface area contributed by atoms with E-state index in [2.05, 4.69) is 0 Å². The molecule has 1 heterocycles. The van der Waals surface area contributed by atoms with Crippen molar-refractivity contribution in [2.45, 2.75) is 12.4 Å². The van der Waals surface area contributed by atoms with Crippen LogP contribution in [0, 0.1) is 0 Å². The lowest BCUT2D eigenvalue weighted by Gasteiger charge is -2.06. The first-order valence-electron chi connectivity index (χ1n) is 3.24. The molecule has 0 bridgehead atoms. The highest BCUT2D eigenvalue weighted by atomic mass is 32.2. The molecule has 0 aliphatic carbocycles. The molecule has 3 heteroatoms. The van der Waals surface area contributed by atoms with Gasteiger partial charge in [0.25, 0.3) is 0 Å². The van der Waals surface area contributed by atoms with Crippen molar-refractivity contribution >= 4 is 11.8 Å². The first kappa shape index (κ1) is 7.38. The maximum absolute atomic E-state index is 5.29. The van der Waals surface area contributed by atoms with Crippen LogP contribution in [0.25, 0.3) is 0 Å². The third kappa shape index (κ3) is 2.56. The number of ether oxygens (including phenoxy) is 2. The number of thioether (sulfide) groups is 1. The Labute approximate surface area is 59.9 Å². The first-order chi connectivity index (χ1) is 4.43. The minimum Gasteiger partial charge on any atom is -0.378 e. The van der Waals surface area contributed by atoms with E-state index >= 15 is 0 Å². The minimum atomic E-state index is 0.310. The van der Waals surface area contributed by atoms with Crippen LogP contribution in [0.5, 0.6) is 0 Å². The summed E-state index contributed by atoms with van der Waals surface area (Å²) in [5, 5.41) is 0. The molecule has 9 heavy (non-hydrogen) atoms. The molecule has 0 radical (unpaired) electrons. The van der Waals surface area contributed by atoms with Crippen LogP contribution >= 0.6 is 11.8 Å². The lowest BCUT2D eigenvalue weighted by Crippen LogP contribution is -2.10. The highest BCUT2D eigenvalue weighted by Crippen LogP contribution is 2.19. The Hall–Kier alpha value is 0.270. The van der Waals surface area contributed by atoms with Crippen molar-refractivity contribution in [1.82, 2.24) is 0 Å². The van der Waals surface area contributed by atoms with Crippen molar-refractivity contribution in [3.05, 3.63) is 0 Å². The van der Waals surface area contributed by atoms with Gasteiger partial charge in [-0.15, -0.1) is 11.8 Å². The second-order valence-corrected chi connectivity index (χ2v) is 3.10. The SMILES string of the molecule is CCOC[C@@H]1OCCS1. The fourth-order valence-electron chi connectivity index (χ4n) is 0.718. The van der Waals surface area contributed by atoms with Gasteiger partial charge in [0.2, 0.25) is 0 Å². The Bertz CT molecular complexity index is 71.5. The van der Waals surface area contributed by atoms with Crippen LogP contribution < -0.4 is 0 Å². The van der Waals surface area contributed by atoms with Gasteiger partial charge in [0.1, 0.15) is 5.44 Å². The molecule has 0 aromatic carbocycles. The number of hydrogen-bond donors (Lipinski definition) is 0. The Balaban J connectivity index is 1.98. The van der Waals surface area contributed by atoms with Crippen molar-refractivity contribution in [3.63, 3.8) is 0 Å². The van der Waals surface area contributed by atoms with Crippen LogP contribution in [0.4, 0.5) is 0 Å². The van der Waals surface area contributed by atoms with E-state index in [9.17, 15) is 0 Å². The summed E-state index contributed by atoms with van der Waals surface area (Å²) in [6, 6.07) is 0. The van der Waals surface area contributed by atoms with Crippen molar-refractivity contribution in [2.75, 3.05) is 25.6 Å². The second kappa shape index (κ2) is 4.14. The van der Waals surface area contributed by atoms with Gasteiger partial charge in [-0.25, -0.2) is 0 Å². The van der Waals surface area contributed by atoms with Gasteiger partial charge >= 0.3 is 0 Å². The van der Waals surface area contributed by atoms with Crippen LogP contribution in [0.3, 0.4) is 0 Å². The number of hydrogen-bond acceptors (Lipinski definition) is 3. The van der Waals surface area contributed by atoms with Gasteiger partial charge in [-0.1, -0.05) is 0 Å². The maximum atomic E-state index is 5.29. The standard InChI is InChI=1S/C6H12O2S/c1-2-7-5-6-8-3-4-9-6/h6H,2-5H2,1H3/t6-/m1/s1. The summed E-state index contributed by atoms with van der Waals surface area (Å²) in [4.78, 5) is 0. The Morgan fingerprint density at radius 3 is 3.22 bits per heavy atom. The largest absolute Gasteiger partial charge is 0.378 e. The fourth-order valence-corrected chi connectivity index (χ4v) is 1.56. The molecular formula is C6H12O2S. The van der Waals surface area contributed by atoms with Crippen LogP contribution in [-0.4, -0.2) is 31.0 Å². The average Bonchev–Trinajstić information content (AvgIpc) is 2.34. The molecule has 0 unspecified atom stereocenters. The molecule has 0 amide bonds. The molecule has 1 aliphatic rings. The molecule has 0 N–H and O–H groups in total. The topological polar surface area (TPSA) is 18.5 Å². The van der Waals surface area contributed by atoms with Crippen molar-refractivity contribution in [2.24, 2.45) is 0 Å². The Morgan fingerprint density at radius 1 is 1.78 bits per heavy atom. The van der Waals surface area contributed by atoms with Gasteiger partial charge in [0.15, 0.2) is 0 Å². The van der Waals surface area contributed by atoms with E-state index in [4.69, 9.17) is 9.47 Å². The predicted octanol–water partition coefficient (Wildman–Crippen LogP) is 1.11. The molecule has 54 valence electrons. The molecule has 0 aromatic heterocycles. The molecule has 1 atom stereocenters. The van der Waals surface area contributed by atoms with E-state index in [0.29, 0.717) is 5.44 Å². The summed E-state index contributed by atoms with van der Waals surface area (Å²) in [6.07, 6.45) is 0. The lowest BCUT2D eigenvalue weighted by molar-refractivity contribution is 0.0492.